The lowest BCUT2D eigenvalue weighted by molar-refractivity contribution is 0.591. The van der Waals surface area contributed by atoms with Crippen LogP contribution in [0.15, 0.2) is 47.6 Å². The number of hydrogen-bond donors (Lipinski definition) is 0. The number of nitriles is 1. The SMILES string of the molecule is Cn1cc(S(=O)(=O)N(CCC#N)c2ccccc2)cn1. The van der Waals surface area contributed by atoms with Crippen LogP contribution in [0.25, 0.3) is 0 Å². The van der Waals surface area contributed by atoms with Crippen LogP contribution in [0.1, 0.15) is 6.42 Å². The molecule has 20 heavy (non-hydrogen) atoms. The summed E-state index contributed by atoms with van der Waals surface area (Å²) in [5.74, 6) is 0. The van der Waals surface area contributed by atoms with Crippen molar-refractivity contribution in [1.82, 2.24) is 9.78 Å². The summed E-state index contributed by atoms with van der Waals surface area (Å²) in [6.07, 6.45) is 2.86. The zero-order valence-electron chi connectivity index (χ0n) is 11.0. The van der Waals surface area contributed by atoms with Gasteiger partial charge in [-0.3, -0.25) is 8.99 Å². The Balaban J connectivity index is 2.44. The zero-order valence-corrected chi connectivity index (χ0v) is 11.8. The van der Waals surface area contributed by atoms with E-state index >= 15 is 0 Å². The minimum absolute atomic E-state index is 0.109. The van der Waals surface area contributed by atoms with Gasteiger partial charge in [-0.05, 0) is 12.1 Å². The molecule has 0 aliphatic rings. The summed E-state index contributed by atoms with van der Waals surface area (Å²) in [6.45, 7) is 0.109. The van der Waals surface area contributed by atoms with Crippen molar-refractivity contribution in [2.45, 2.75) is 11.3 Å². The molecule has 0 amide bonds. The van der Waals surface area contributed by atoms with Crippen molar-refractivity contribution in [3.05, 3.63) is 42.7 Å². The van der Waals surface area contributed by atoms with Crippen LogP contribution in [-0.4, -0.2) is 24.7 Å². The standard InChI is InChI=1S/C13H14N4O2S/c1-16-11-13(10-15-16)20(18,19)17(9-5-8-14)12-6-3-2-4-7-12/h2-4,6-7,10-11H,5,9H2,1H3. The molecule has 0 spiro atoms. The number of aromatic nitrogens is 2. The number of hydrogen-bond acceptors (Lipinski definition) is 4. The molecule has 0 saturated carbocycles. The minimum Gasteiger partial charge on any atom is -0.274 e. The van der Waals surface area contributed by atoms with Crippen molar-refractivity contribution < 1.29 is 8.42 Å². The molecule has 2 rings (SSSR count). The molecule has 7 heteroatoms. The summed E-state index contributed by atoms with van der Waals surface area (Å²) < 4.78 is 27.9. The van der Waals surface area contributed by atoms with E-state index in [1.165, 1.54) is 21.4 Å². The lowest BCUT2D eigenvalue weighted by Gasteiger charge is -2.22. The first kappa shape index (κ1) is 14.1. The molecular formula is C13H14N4O2S. The van der Waals surface area contributed by atoms with E-state index in [0.29, 0.717) is 5.69 Å². The normalized spacial score (nSPS) is 11.0. The summed E-state index contributed by atoms with van der Waals surface area (Å²) in [4.78, 5) is 0.113. The van der Waals surface area contributed by atoms with E-state index in [-0.39, 0.29) is 17.9 Å². The third-order valence-corrected chi connectivity index (χ3v) is 4.52. The Bertz CT molecular complexity index is 716. The number of anilines is 1. The Morgan fingerprint density at radius 3 is 2.60 bits per heavy atom. The lowest BCUT2D eigenvalue weighted by atomic mass is 10.3. The second-order valence-corrected chi connectivity index (χ2v) is 6.03. The molecule has 0 aliphatic carbocycles. The van der Waals surface area contributed by atoms with E-state index in [2.05, 4.69) is 5.10 Å². The van der Waals surface area contributed by atoms with Gasteiger partial charge in [0.1, 0.15) is 4.90 Å². The van der Waals surface area contributed by atoms with Gasteiger partial charge in [-0.2, -0.15) is 10.4 Å². The van der Waals surface area contributed by atoms with Crippen molar-refractivity contribution >= 4 is 15.7 Å². The van der Waals surface area contributed by atoms with Crippen molar-refractivity contribution in [1.29, 1.82) is 5.26 Å². The second kappa shape index (κ2) is 5.75. The number of benzene rings is 1. The van der Waals surface area contributed by atoms with Crippen molar-refractivity contribution in [3.8, 4) is 6.07 Å². The molecule has 1 aromatic heterocycles. The third-order valence-electron chi connectivity index (χ3n) is 2.74. The third kappa shape index (κ3) is 2.81. The van der Waals surface area contributed by atoms with Gasteiger partial charge >= 0.3 is 0 Å². The Morgan fingerprint density at radius 1 is 1.35 bits per heavy atom. The average Bonchev–Trinajstić information content (AvgIpc) is 2.88. The molecule has 0 N–H and O–H groups in total. The maximum absolute atomic E-state index is 12.6. The molecule has 0 bridgehead atoms. The first-order valence-corrected chi connectivity index (χ1v) is 7.43. The summed E-state index contributed by atoms with van der Waals surface area (Å²) in [6, 6.07) is 10.7. The fourth-order valence-electron chi connectivity index (χ4n) is 1.79. The molecular weight excluding hydrogens is 276 g/mol. The highest BCUT2D eigenvalue weighted by Crippen LogP contribution is 2.23. The van der Waals surface area contributed by atoms with Crippen LogP contribution < -0.4 is 4.31 Å². The summed E-state index contributed by atoms with van der Waals surface area (Å²) in [5, 5.41) is 12.6. The van der Waals surface area contributed by atoms with Gasteiger partial charge < -0.3 is 0 Å². The molecule has 1 aromatic carbocycles. The molecule has 0 fully saturated rings. The fraction of sp³-hybridized carbons (Fsp3) is 0.231. The molecule has 1 heterocycles. The molecule has 104 valence electrons. The van der Waals surface area contributed by atoms with E-state index < -0.39 is 10.0 Å². The average molecular weight is 290 g/mol. The number of rotatable bonds is 5. The second-order valence-electron chi connectivity index (χ2n) is 4.17. The first-order valence-electron chi connectivity index (χ1n) is 5.99. The van der Waals surface area contributed by atoms with Crippen LogP contribution in [0.5, 0.6) is 0 Å². The van der Waals surface area contributed by atoms with Crippen LogP contribution in [0.2, 0.25) is 0 Å². The summed E-state index contributed by atoms with van der Waals surface area (Å²) in [7, 11) is -2.05. The van der Waals surface area contributed by atoms with Gasteiger partial charge in [0, 0.05) is 19.8 Å². The molecule has 0 saturated heterocycles. The van der Waals surface area contributed by atoms with E-state index in [9.17, 15) is 8.42 Å². The highest BCUT2D eigenvalue weighted by atomic mass is 32.2. The molecule has 2 aromatic rings. The van der Waals surface area contributed by atoms with Gasteiger partial charge in [0.15, 0.2) is 0 Å². The van der Waals surface area contributed by atoms with Crippen molar-refractivity contribution in [2.75, 3.05) is 10.8 Å². The number of aryl methyl sites for hydroxylation is 1. The molecule has 6 nitrogen and oxygen atoms in total. The van der Waals surface area contributed by atoms with Crippen LogP contribution in [0.4, 0.5) is 5.69 Å². The molecule has 0 aliphatic heterocycles. The number of sulfonamides is 1. The van der Waals surface area contributed by atoms with Crippen LogP contribution in [0, 0.1) is 11.3 Å². The maximum Gasteiger partial charge on any atom is 0.267 e. The largest absolute Gasteiger partial charge is 0.274 e. The Hall–Kier alpha value is -2.33. The van der Waals surface area contributed by atoms with Crippen LogP contribution in [0.3, 0.4) is 0 Å². The van der Waals surface area contributed by atoms with Crippen LogP contribution in [-0.2, 0) is 17.1 Å². The Kier molecular flexibility index (Phi) is 4.05. The lowest BCUT2D eigenvalue weighted by Crippen LogP contribution is -2.31. The molecule has 0 unspecified atom stereocenters. The van der Waals surface area contributed by atoms with Gasteiger partial charge in [0.25, 0.3) is 10.0 Å². The van der Waals surface area contributed by atoms with Gasteiger partial charge in [-0.1, -0.05) is 18.2 Å². The maximum atomic E-state index is 12.6. The predicted molar refractivity (Wildman–Crippen MR) is 74.4 cm³/mol. The van der Waals surface area contributed by atoms with Crippen molar-refractivity contribution in [3.63, 3.8) is 0 Å². The molecule has 0 atom stereocenters. The summed E-state index contributed by atoms with van der Waals surface area (Å²) >= 11 is 0. The Morgan fingerprint density at radius 2 is 2.05 bits per heavy atom. The highest BCUT2D eigenvalue weighted by Gasteiger charge is 2.25. The van der Waals surface area contributed by atoms with E-state index in [4.69, 9.17) is 5.26 Å². The van der Waals surface area contributed by atoms with E-state index in [0.717, 1.165) is 0 Å². The van der Waals surface area contributed by atoms with Crippen LogP contribution >= 0.6 is 0 Å². The monoisotopic (exact) mass is 290 g/mol. The fourth-order valence-corrected chi connectivity index (χ4v) is 3.24. The smallest absolute Gasteiger partial charge is 0.267 e. The number of para-hydroxylation sites is 1. The quantitative estimate of drug-likeness (QED) is 0.836. The topological polar surface area (TPSA) is 79.0 Å². The van der Waals surface area contributed by atoms with Gasteiger partial charge in [-0.25, -0.2) is 8.42 Å². The highest BCUT2D eigenvalue weighted by molar-refractivity contribution is 7.92. The van der Waals surface area contributed by atoms with E-state index in [1.54, 1.807) is 31.3 Å². The zero-order chi connectivity index (χ0) is 14.6. The number of nitrogens with zero attached hydrogens (tertiary/aromatic N) is 4. The molecule has 0 radical (unpaired) electrons. The van der Waals surface area contributed by atoms with Crippen molar-refractivity contribution in [2.24, 2.45) is 7.05 Å². The van der Waals surface area contributed by atoms with Gasteiger partial charge in [-0.15, -0.1) is 0 Å². The van der Waals surface area contributed by atoms with Gasteiger partial charge in [0.05, 0.1) is 24.4 Å². The Labute approximate surface area is 117 Å². The van der Waals surface area contributed by atoms with E-state index in [1.807, 2.05) is 12.1 Å². The summed E-state index contributed by atoms with van der Waals surface area (Å²) in [5.41, 5.74) is 0.534. The first-order chi connectivity index (χ1) is 9.55. The predicted octanol–water partition coefficient (Wildman–Crippen LogP) is 1.53. The minimum atomic E-state index is -3.71. The van der Waals surface area contributed by atoms with Gasteiger partial charge in [0.2, 0.25) is 0 Å².